The molecule has 0 atom stereocenters. The third kappa shape index (κ3) is 5.52. The Morgan fingerprint density at radius 2 is 1.66 bits per heavy atom. The topological polar surface area (TPSA) is 83.6 Å². The van der Waals surface area contributed by atoms with Crippen molar-refractivity contribution in [2.24, 2.45) is 0 Å². The Bertz CT molecular complexity index is 1010. The van der Waals surface area contributed by atoms with Crippen LogP contribution in [0.5, 0.6) is 0 Å². The minimum Gasteiger partial charge on any atom is -0.274 e. The average molecular weight is 473 g/mol. The number of imide groups is 1. The van der Waals surface area contributed by atoms with E-state index in [4.69, 9.17) is 23.2 Å². The number of halogens is 2. The third-order valence-electron chi connectivity index (χ3n) is 4.27. The van der Waals surface area contributed by atoms with E-state index in [9.17, 15) is 18.0 Å². The Morgan fingerprint density at radius 3 is 2.28 bits per heavy atom. The average Bonchev–Trinajstić information content (AvgIpc) is 3.01. The molecule has 1 heterocycles. The Balaban J connectivity index is 1.51. The molecule has 2 aromatic rings. The van der Waals surface area contributed by atoms with Gasteiger partial charge in [0.15, 0.2) is 0 Å². The first-order valence-corrected chi connectivity index (χ1v) is 12.1. The lowest BCUT2D eigenvalue weighted by Gasteiger charge is -2.14. The van der Waals surface area contributed by atoms with Crippen molar-refractivity contribution in [1.29, 1.82) is 0 Å². The molecule has 1 aliphatic rings. The molecule has 0 unspecified atom stereocenters. The van der Waals surface area contributed by atoms with E-state index in [1.807, 2.05) is 6.07 Å². The van der Waals surface area contributed by atoms with Crippen LogP contribution in [-0.4, -0.2) is 32.5 Å². The van der Waals surface area contributed by atoms with Crippen LogP contribution in [0.25, 0.3) is 0 Å². The van der Waals surface area contributed by atoms with E-state index in [1.54, 1.807) is 23.9 Å². The van der Waals surface area contributed by atoms with E-state index in [0.717, 1.165) is 10.5 Å². The second-order valence-electron chi connectivity index (χ2n) is 6.30. The largest absolute Gasteiger partial charge is 0.274 e. The number of nitrogens with one attached hydrogen (secondary N) is 1. The molecule has 0 bridgehead atoms. The summed E-state index contributed by atoms with van der Waals surface area (Å²) in [4.78, 5) is 24.7. The number of hydrogen-bond donors (Lipinski definition) is 1. The van der Waals surface area contributed by atoms with Crippen LogP contribution in [0.4, 0.5) is 5.69 Å². The second kappa shape index (κ2) is 9.49. The van der Waals surface area contributed by atoms with Crippen molar-refractivity contribution in [3.63, 3.8) is 0 Å². The maximum Gasteiger partial charge on any atom is 0.240 e. The van der Waals surface area contributed by atoms with E-state index in [2.05, 4.69) is 4.72 Å². The van der Waals surface area contributed by atoms with Crippen LogP contribution >= 0.6 is 35.0 Å². The minimum absolute atomic E-state index is 0.0751. The monoisotopic (exact) mass is 472 g/mol. The van der Waals surface area contributed by atoms with E-state index in [0.29, 0.717) is 27.2 Å². The normalized spacial score (nSPS) is 14.6. The Hall–Kier alpha value is -1.58. The number of carbonyl (C=O) groups is 2. The van der Waals surface area contributed by atoms with Gasteiger partial charge in [-0.2, -0.15) is 11.8 Å². The van der Waals surface area contributed by atoms with Gasteiger partial charge in [0.2, 0.25) is 21.8 Å². The van der Waals surface area contributed by atoms with Gasteiger partial charge < -0.3 is 0 Å². The van der Waals surface area contributed by atoms with Crippen LogP contribution in [0.1, 0.15) is 18.4 Å². The summed E-state index contributed by atoms with van der Waals surface area (Å²) in [6.45, 7) is 0.253. The lowest BCUT2D eigenvalue weighted by atomic mass is 10.2. The predicted octanol–water partition coefficient (Wildman–Crippen LogP) is 3.86. The second-order valence-corrected chi connectivity index (χ2v) is 10.0. The molecule has 1 aliphatic heterocycles. The zero-order valence-corrected chi connectivity index (χ0v) is 18.4. The number of anilines is 1. The minimum atomic E-state index is -3.68. The van der Waals surface area contributed by atoms with Gasteiger partial charge in [-0.25, -0.2) is 13.1 Å². The van der Waals surface area contributed by atoms with Crippen molar-refractivity contribution in [2.75, 3.05) is 17.2 Å². The van der Waals surface area contributed by atoms with Crippen LogP contribution in [0, 0.1) is 0 Å². The summed E-state index contributed by atoms with van der Waals surface area (Å²) in [5.74, 6) is 0.653. The van der Waals surface area contributed by atoms with Gasteiger partial charge in [-0.15, -0.1) is 0 Å². The molecule has 6 nitrogen and oxygen atoms in total. The molecule has 10 heteroatoms. The highest BCUT2D eigenvalue weighted by molar-refractivity contribution is 7.98. The number of hydrogen-bond acceptors (Lipinski definition) is 5. The smallest absolute Gasteiger partial charge is 0.240 e. The van der Waals surface area contributed by atoms with Gasteiger partial charge in [0.1, 0.15) is 0 Å². The Kier molecular flexibility index (Phi) is 7.23. The highest BCUT2D eigenvalue weighted by atomic mass is 35.5. The zero-order valence-electron chi connectivity index (χ0n) is 15.2. The maximum absolute atomic E-state index is 12.4. The van der Waals surface area contributed by atoms with Crippen molar-refractivity contribution in [2.45, 2.75) is 23.5 Å². The lowest BCUT2D eigenvalue weighted by Crippen LogP contribution is -2.29. The molecule has 29 heavy (non-hydrogen) atoms. The number of carbonyl (C=O) groups excluding carboxylic acids is 2. The number of thioether (sulfide) groups is 1. The van der Waals surface area contributed by atoms with Crippen molar-refractivity contribution in [3.8, 4) is 0 Å². The van der Waals surface area contributed by atoms with Gasteiger partial charge in [0.05, 0.1) is 10.6 Å². The molecule has 2 amide bonds. The standard InChI is InChI=1S/C19H18Cl2N2O4S2/c20-14-2-1-13(17(21)11-14)12-28-10-9-22-29(26,27)16-5-3-15(4-6-16)23-18(24)7-8-19(23)25/h1-6,11,22H,7-10,12H2. The molecule has 0 spiro atoms. The number of benzene rings is 2. The van der Waals surface area contributed by atoms with E-state index in [1.165, 1.54) is 24.3 Å². The van der Waals surface area contributed by atoms with Gasteiger partial charge in [0.25, 0.3) is 0 Å². The fourth-order valence-electron chi connectivity index (χ4n) is 2.79. The van der Waals surface area contributed by atoms with Crippen LogP contribution in [-0.2, 0) is 25.4 Å². The summed E-state index contributed by atoms with van der Waals surface area (Å²) in [7, 11) is -3.68. The molecule has 1 saturated heterocycles. The maximum atomic E-state index is 12.4. The number of sulfonamides is 1. The fraction of sp³-hybridized carbons (Fsp3) is 0.263. The van der Waals surface area contributed by atoms with Crippen molar-refractivity contribution >= 4 is 62.5 Å². The Labute approximate surface area is 183 Å². The van der Waals surface area contributed by atoms with E-state index < -0.39 is 10.0 Å². The predicted molar refractivity (Wildman–Crippen MR) is 116 cm³/mol. The summed E-state index contributed by atoms with van der Waals surface area (Å²) in [6.07, 6.45) is 0.360. The molecule has 3 rings (SSSR count). The van der Waals surface area contributed by atoms with Crippen LogP contribution in [0.15, 0.2) is 47.4 Å². The quantitative estimate of drug-likeness (QED) is 0.465. The molecule has 1 fully saturated rings. The first kappa shape index (κ1) is 22.1. The lowest BCUT2D eigenvalue weighted by molar-refractivity contribution is -0.121. The highest BCUT2D eigenvalue weighted by Gasteiger charge is 2.30. The Morgan fingerprint density at radius 1 is 1.00 bits per heavy atom. The van der Waals surface area contributed by atoms with Gasteiger partial charge in [-0.05, 0) is 42.0 Å². The molecular formula is C19H18Cl2N2O4S2. The summed E-state index contributed by atoms with van der Waals surface area (Å²) in [5.41, 5.74) is 1.32. The van der Waals surface area contributed by atoms with Gasteiger partial charge in [-0.1, -0.05) is 29.3 Å². The van der Waals surface area contributed by atoms with E-state index in [-0.39, 0.29) is 36.1 Å². The highest BCUT2D eigenvalue weighted by Crippen LogP contribution is 2.25. The summed E-state index contributed by atoms with van der Waals surface area (Å²) >= 11 is 13.5. The molecule has 0 aliphatic carbocycles. The number of rotatable bonds is 8. The molecule has 0 radical (unpaired) electrons. The van der Waals surface area contributed by atoms with Crippen molar-refractivity contribution in [1.82, 2.24) is 4.72 Å². The molecule has 0 saturated carbocycles. The molecular weight excluding hydrogens is 455 g/mol. The third-order valence-corrected chi connectivity index (χ3v) is 7.34. The van der Waals surface area contributed by atoms with Crippen LogP contribution < -0.4 is 9.62 Å². The first-order valence-electron chi connectivity index (χ1n) is 8.75. The van der Waals surface area contributed by atoms with Gasteiger partial charge in [-0.3, -0.25) is 14.5 Å². The summed E-state index contributed by atoms with van der Waals surface area (Å²) in [6, 6.07) is 11.0. The first-order chi connectivity index (χ1) is 13.8. The molecule has 2 aromatic carbocycles. The van der Waals surface area contributed by atoms with Crippen LogP contribution in [0.2, 0.25) is 10.0 Å². The molecule has 1 N–H and O–H groups in total. The number of nitrogens with zero attached hydrogens (tertiary/aromatic N) is 1. The molecule has 154 valence electrons. The summed E-state index contributed by atoms with van der Waals surface area (Å²) < 4.78 is 27.4. The van der Waals surface area contributed by atoms with Gasteiger partial charge in [0, 0.05) is 40.9 Å². The van der Waals surface area contributed by atoms with Crippen molar-refractivity contribution < 1.29 is 18.0 Å². The van der Waals surface area contributed by atoms with Gasteiger partial charge >= 0.3 is 0 Å². The zero-order chi connectivity index (χ0) is 21.0. The van der Waals surface area contributed by atoms with E-state index >= 15 is 0 Å². The number of amides is 2. The summed E-state index contributed by atoms with van der Waals surface area (Å²) in [5, 5.41) is 1.15. The fourth-order valence-corrected chi connectivity index (χ4v) is 5.37. The van der Waals surface area contributed by atoms with Crippen LogP contribution in [0.3, 0.4) is 0 Å². The molecule has 0 aromatic heterocycles. The van der Waals surface area contributed by atoms with Crippen molar-refractivity contribution in [3.05, 3.63) is 58.1 Å². The SMILES string of the molecule is O=C1CCC(=O)N1c1ccc(S(=O)(=O)NCCSCc2ccc(Cl)cc2Cl)cc1.